The molecule has 334 valence electrons. The van der Waals surface area contributed by atoms with Gasteiger partial charge in [-0.3, -0.25) is 14.9 Å². The molecular formula is C50H61N5O8. The zero-order valence-corrected chi connectivity index (χ0v) is 36.0. The number of nitrogens with zero attached hydrogens (tertiary/aromatic N) is 2. The average Bonchev–Trinajstić information content (AvgIpc) is 4.05. The van der Waals surface area contributed by atoms with Gasteiger partial charge in [0.25, 0.3) is 5.91 Å². The molecule has 0 bridgehead atoms. The highest BCUT2D eigenvalue weighted by Gasteiger charge is 2.42. The predicted molar refractivity (Wildman–Crippen MR) is 242 cm³/mol. The molecular weight excluding hydrogens is 799 g/mol. The number of benzene rings is 4. The summed E-state index contributed by atoms with van der Waals surface area (Å²) in [6, 6.07) is 29.8. The normalized spacial score (nSPS) is 20.1. The minimum absolute atomic E-state index is 0.0570. The van der Waals surface area contributed by atoms with Gasteiger partial charge in [-0.25, -0.2) is 4.79 Å². The number of phenols is 1. The second-order valence-corrected chi connectivity index (χ2v) is 17.5. The number of hydrogen-bond donors (Lipinski definition) is 5. The van der Waals surface area contributed by atoms with Gasteiger partial charge in [-0.1, -0.05) is 85.6 Å². The Morgan fingerprint density at radius 3 is 2.44 bits per heavy atom. The number of rotatable bonds is 19. The number of carbonyl (C=O) groups is 3. The van der Waals surface area contributed by atoms with Gasteiger partial charge in [-0.15, -0.1) is 0 Å². The van der Waals surface area contributed by atoms with E-state index >= 15 is 0 Å². The van der Waals surface area contributed by atoms with Gasteiger partial charge in [0, 0.05) is 56.4 Å². The molecule has 13 nitrogen and oxygen atoms in total. The summed E-state index contributed by atoms with van der Waals surface area (Å²) >= 11 is 0. The summed E-state index contributed by atoms with van der Waals surface area (Å²) < 4.78 is 17.5. The van der Waals surface area contributed by atoms with Crippen LogP contribution in [0.3, 0.4) is 0 Å². The van der Waals surface area contributed by atoms with Crippen molar-refractivity contribution in [2.24, 2.45) is 11.8 Å². The van der Waals surface area contributed by atoms with Crippen LogP contribution in [-0.2, 0) is 31.9 Å². The van der Waals surface area contributed by atoms with Gasteiger partial charge in [0.1, 0.15) is 17.5 Å². The Labute approximate surface area is 370 Å². The summed E-state index contributed by atoms with van der Waals surface area (Å²) in [7, 11) is 0. The van der Waals surface area contributed by atoms with Crippen LogP contribution in [0.25, 0.3) is 11.1 Å². The van der Waals surface area contributed by atoms with Crippen molar-refractivity contribution in [2.75, 3.05) is 69.7 Å². The van der Waals surface area contributed by atoms with Crippen LogP contribution in [0.5, 0.6) is 11.5 Å². The Morgan fingerprint density at radius 1 is 0.905 bits per heavy atom. The lowest BCUT2D eigenvalue weighted by atomic mass is 10.0. The van der Waals surface area contributed by atoms with Gasteiger partial charge in [0.05, 0.1) is 31.4 Å². The highest BCUT2D eigenvalue weighted by Crippen LogP contribution is 2.42. The quantitative estimate of drug-likeness (QED) is 0.0494. The third-order valence-electron chi connectivity index (χ3n) is 13.1. The zero-order valence-electron chi connectivity index (χ0n) is 36.0. The first-order valence-electron chi connectivity index (χ1n) is 22.7. The molecule has 13 heteroatoms. The van der Waals surface area contributed by atoms with Gasteiger partial charge < -0.3 is 44.9 Å². The van der Waals surface area contributed by atoms with E-state index in [1.54, 1.807) is 6.07 Å². The third-order valence-corrected chi connectivity index (χ3v) is 13.1. The van der Waals surface area contributed by atoms with E-state index in [0.29, 0.717) is 50.1 Å². The SMILES string of the molecule is O=C1COc2c([C@@H](O)CNCCN(C(=O)CCOCCc3cccc(CCN4C[C@H]5CC(OC(=O)Nc6ccccc6-c6ccccc6)C[C@H]5C4)c3)C3CCCC3)ccc(O)c2N1. The van der Waals surface area contributed by atoms with Gasteiger partial charge in [0.15, 0.2) is 12.4 Å². The first kappa shape index (κ1) is 44.1. The topological polar surface area (TPSA) is 162 Å². The molecule has 0 spiro atoms. The number of amides is 3. The number of nitrogens with one attached hydrogen (secondary N) is 3. The average molecular weight is 860 g/mol. The van der Waals surface area contributed by atoms with Crippen LogP contribution in [0.2, 0.25) is 0 Å². The van der Waals surface area contributed by atoms with E-state index in [2.05, 4.69) is 45.1 Å². The molecule has 3 fully saturated rings. The largest absolute Gasteiger partial charge is 0.506 e. The Balaban J connectivity index is 0.714. The summed E-state index contributed by atoms with van der Waals surface area (Å²) in [5.41, 5.74) is 5.96. The fraction of sp³-hybridized carbons (Fsp3) is 0.460. The zero-order chi connectivity index (χ0) is 43.5. The lowest BCUT2D eigenvalue weighted by Gasteiger charge is -2.29. The number of hydrogen-bond acceptors (Lipinski definition) is 10. The second-order valence-electron chi connectivity index (χ2n) is 17.5. The van der Waals surface area contributed by atoms with Gasteiger partial charge in [-0.2, -0.15) is 0 Å². The van der Waals surface area contributed by atoms with E-state index in [-0.39, 0.29) is 60.4 Å². The number of carbonyl (C=O) groups excluding carboxylic acids is 3. The Morgan fingerprint density at radius 2 is 1.65 bits per heavy atom. The highest BCUT2D eigenvalue weighted by molar-refractivity contribution is 5.97. The van der Waals surface area contributed by atoms with Crippen molar-refractivity contribution in [1.82, 2.24) is 15.1 Å². The number of aliphatic hydroxyl groups is 1. The number of phenolic OH excluding ortho intramolecular Hbond substituents is 1. The van der Waals surface area contributed by atoms with Crippen LogP contribution in [0, 0.1) is 11.8 Å². The van der Waals surface area contributed by atoms with Crippen molar-refractivity contribution in [2.45, 2.75) is 76.0 Å². The molecule has 4 aromatic carbocycles. The predicted octanol–water partition coefficient (Wildman–Crippen LogP) is 6.94. The molecule has 1 saturated heterocycles. The number of ether oxygens (including phenoxy) is 3. The Kier molecular flexibility index (Phi) is 14.9. The molecule has 2 aliphatic heterocycles. The summed E-state index contributed by atoms with van der Waals surface area (Å²) in [4.78, 5) is 42.7. The Hall–Kier alpha value is -5.47. The molecule has 4 aliphatic rings. The molecule has 5 N–H and O–H groups in total. The van der Waals surface area contributed by atoms with Gasteiger partial charge in [-0.05, 0) is 85.3 Å². The summed E-state index contributed by atoms with van der Waals surface area (Å²) in [6.07, 6.45) is 6.73. The van der Waals surface area contributed by atoms with Crippen molar-refractivity contribution in [3.05, 3.63) is 108 Å². The van der Waals surface area contributed by atoms with E-state index in [4.69, 9.17) is 14.2 Å². The number of anilines is 2. The van der Waals surface area contributed by atoms with Crippen LogP contribution in [0.15, 0.2) is 91.0 Å². The fourth-order valence-electron chi connectivity index (χ4n) is 9.91. The molecule has 4 aromatic rings. The summed E-state index contributed by atoms with van der Waals surface area (Å²) in [5, 5.41) is 29.9. The molecule has 3 amide bonds. The molecule has 2 heterocycles. The second kappa shape index (κ2) is 21.3. The maximum atomic E-state index is 13.5. The minimum atomic E-state index is -0.932. The molecule has 2 aliphatic carbocycles. The first-order valence-corrected chi connectivity index (χ1v) is 22.7. The molecule has 8 rings (SSSR count). The van der Waals surface area contributed by atoms with E-state index in [9.17, 15) is 24.6 Å². The van der Waals surface area contributed by atoms with Crippen LogP contribution < -0.4 is 20.7 Å². The van der Waals surface area contributed by atoms with Gasteiger partial charge >= 0.3 is 6.09 Å². The van der Waals surface area contributed by atoms with Crippen molar-refractivity contribution in [3.8, 4) is 22.6 Å². The van der Waals surface area contributed by atoms with Crippen molar-refractivity contribution in [1.29, 1.82) is 0 Å². The van der Waals surface area contributed by atoms with Crippen LogP contribution >= 0.6 is 0 Å². The van der Waals surface area contributed by atoms with Crippen molar-refractivity contribution in [3.63, 3.8) is 0 Å². The molecule has 4 atom stereocenters. The maximum absolute atomic E-state index is 13.5. The highest BCUT2D eigenvalue weighted by atomic mass is 16.6. The molecule has 1 unspecified atom stereocenters. The number of aromatic hydroxyl groups is 1. The van der Waals surface area contributed by atoms with Crippen molar-refractivity contribution < 1.29 is 38.8 Å². The van der Waals surface area contributed by atoms with Gasteiger partial charge in [0.2, 0.25) is 5.91 Å². The third kappa shape index (κ3) is 11.6. The van der Waals surface area contributed by atoms with E-state index in [1.165, 1.54) is 17.2 Å². The number of fused-ring (bicyclic) bond motifs is 2. The summed E-state index contributed by atoms with van der Waals surface area (Å²) in [5.74, 6) is 0.965. The molecule has 2 saturated carbocycles. The molecule has 63 heavy (non-hydrogen) atoms. The smallest absolute Gasteiger partial charge is 0.411 e. The number of likely N-dealkylation sites (tertiary alicyclic amines) is 1. The maximum Gasteiger partial charge on any atom is 0.411 e. The lowest BCUT2D eigenvalue weighted by Crippen LogP contribution is -2.43. The van der Waals surface area contributed by atoms with E-state index in [1.807, 2.05) is 59.5 Å². The first-order chi connectivity index (χ1) is 30.8. The van der Waals surface area contributed by atoms with Crippen LogP contribution in [-0.4, -0.2) is 109 Å². The van der Waals surface area contributed by atoms with E-state index < -0.39 is 6.10 Å². The fourth-order valence-corrected chi connectivity index (χ4v) is 9.91. The number of aliphatic hydroxyl groups excluding tert-OH is 1. The standard InChI is InChI=1S/C50H61N5O8/c56-44-18-17-42(49-48(44)53-46(58)33-62-49)45(57)30-51-22-24-55(39-13-4-5-14-39)47(59)21-26-61-25-20-35-10-8-9-34(27-35)19-23-54-31-37-28-40(29-38(37)32-54)63-50(60)52-43-16-7-6-15-41(43)36-11-2-1-3-12-36/h1-3,6-12,15-18,27,37-40,45,51,56-57H,4-5,13-14,19-26,28-33H2,(H,52,60)(H,53,58)/t37-,38+,40?,45-/m0/s1. The lowest BCUT2D eigenvalue weighted by molar-refractivity contribution is -0.134. The van der Waals surface area contributed by atoms with Crippen LogP contribution in [0.1, 0.15) is 67.7 Å². The van der Waals surface area contributed by atoms with Crippen LogP contribution in [0.4, 0.5) is 16.2 Å². The number of para-hydroxylation sites is 1. The Bertz CT molecular complexity index is 2170. The monoisotopic (exact) mass is 859 g/mol. The van der Waals surface area contributed by atoms with E-state index in [0.717, 1.165) is 87.8 Å². The summed E-state index contributed by atoms with van der Waals surface area (Å²) in [6.45, 7) is 5.06. The molecule has 0 radical (unpaired) electrons. The van der Waals surface area contributed by atoms with Crippen molar-refractivity contribution >= 4 is 29.3 Å². The minimum Gasteiger partial charge on any atom is -0.506 e. The molecule has 0 aromatic heterocycles.